The van der Waals surface area contributed by atoms with Gasteiger partial charge in [0.2, 0.25) is 0 Å². The van der Waals surface area contributed by atoms with Crippen LogP contribution in [0.2, 0.25) is 0 Å². The van der Waals surface area contributed by atoms with Crippen LogP contribution in [0, 0.1) is 13.8 Å². The number of aromatic nitrogens is 1. The molecule has 7 aromatic carbocycles. The van der Waals surface area contributed by atoms with Gasteiger partial charge in [-0.3, -0.25) is 0 Å². The predicted molar refractivity (Wildman–Crippen MR) is 206 cm³/mol. The third-order valence-electron chi connectivity index (χ3n) is 10.4. The topological polar surface area (TPSA) is 4.93 Å². The van der Waals surface area contributed by atoms with E-state index in [0.717, 1.165) is 0 Å². The van der Waals surface area contributed by atoms with Gasteiger partial charge < -0.3 is 4.57 Å². The molecule has 8 aromatic rings. The van der Waals surface area contributed by atoms with Crippen molar-refractivity contribution in [3.05, 3.63) is 138 Å². The van der Waals surface area contributed by atoms with Gasteiger partial charge in [-0.1, -0.05) is 133 Å². The molecule has 47 heavy (non-hydrogen) atoms. The normalized spacial score (nSPS) is 12.7. The largest absolute Gasteiger partial charge is 0.313 e. The molecule has 0 bridgehead atoms. The molecule has 1 heteroatoms. The van der Waals surface area contributed by atoms with Crippen molar-refractivity contribution in [3.8, 4) is 16.8 Å². The lowest BCUT2D eigenvalue weighted by Crippen LogP contribution is -2.17. The Hall–Kier alpha value is -4.88. The number of rotatable bonds is 2. The maximum atomic E-state index is 2.52. The molecule has 0 radical (unpaired) electrons. The Morgan fingerprint density at radius 1 is 0.447 bits per heavy atom. The first-order chi connectivity index (χ1) is 22.4. The first-order valence-corrected chi connectivity index (χ1v) is 17.0. The average Bonchev–Trinajstić information content (AvgIpc) is 3.28. The van der Waals surface area contributed by atoms with Gasteiger partial charge in [0, 0.05) is 16.5 Å². The van der Waals surface area contributed by atoms with Crippen molar-refractivity contribution in [1.82, 2.24) is 4.57 Å². The summed E-state index contributed by atoms with van der Waals surface area (Å²) in [4.78, 5) is 0. The zero-order valence-corrected chi connectivity index (χ0v) is 28.9. The molecule has 1 nitrogen and oxygen atoms in total. The van der Waals surface area contributed by atoms with Gasteiger partial charge in [0.15, 0.2) is 0 Å². The molecule has 1 heterocycles. The molecule has 0 unspecified atom stereocenters. The van der Waals surface area contributed by atoms with Crippen LogP contribution in [-0.2, 0) is 10.8 Å². The van der Waals surface area contributed by atoms with E-state index in [0.29, 0.717) is 0 Å². The minimum atomic E-state index is -0.0301. The van der Waals surface area contributed by atoms with E-state index in [4.69, 9.17) is 0 Å². The summed E-state index contributed by atoms with van der Waals surface area (Å²) in [7, 11) is 0. The molecule has 0 fully saturated rings. The van der Waals surface area contributed by atoms with Gasteiger partial charge in [0.25, 0.3) is 0 Å². The van der Waals surface area contributed by atoms with Crippen LogP contribution in [0.1, 0.15) is 63.9 Å². The minimum Gasteiger partial charge on any atom is -0.313 e. The zero-order valence-electron chi connectivity index (χ0n) is 28.9. The van der Waals surface area contributed by atoms with Crippen LogP contribution in [0.3, 0.4) is 0 Å². The van der Waals surface area contributed by atoms with Gasteiger partial charge in [-0.25, -0.2) is 0 Å². The summed E-state index contributed by atoms with van der Waals surface area (Å²) in [5.74, 6) is 0. The number of benzene rings is 7. The van der Waals surface area contributed by atoms with E-state index in [1.165, 1.54) is 93.2 Å². The molecule has 0 aliphatic rings. The molecule has 0 atom stereocenters. The van der Waals surface area contributed by atoms with E-state index < -0.39 is 0 Å². The van der Waals surface area contributed by atoms with Crippen LogP contribution in [-0.4, -0.2) is 4.57 Å². The second-order valence-corrected chi connectivity index (χ2v) is 15.5. The Bertz CT molecular complexity index is 2540. The standard InChI is InChI=1S/C46H43N/c1-28-29(2)47(41-24-23-33(34-17-11-12-18-35(34)41)32-22-21-30-15-9-10-16-31(30)25-32)42-27-40-39(26-38(28)42)43(45(3,4)5)36-19-13-14-20-37(36)44(40)46(6,7)8/h9-27H,1-8H3. The van der Waals surface area contributed by atoms with Crippen molar-refractivity contribution in [2.24, 2.45) is 0 Å². The fourth-order valence-corrected chi connectivity index (χ4v) is 8.25. The number of hydrogen-bond donors (Lipinski definition) is 0. The van der Waals surface area contributed by atoms with E-state index in [2.05, 4.69) is 175 Å². The Labute approximate surface area is 278 Å². The molecule has 232 valence electrons. The summed E-state index contributed by atoms with van der Waals surface area (Å²) in [6, 6.07) is 43.2. The summed E-state index contributed by atoms with van der Waals surface area (Å²) in [5, 5.41) is 11.9. The molecule has 0 amide bonds. The Kier molecular flexibility index (Phi) is 6.48. The highest BCUT2D eigenvalue weighted by atomic mass is 15.0. The maximum absolute atomic E-state index is 2.52. The average molecular weight is 610 g/mol. The van der Waals surface area contributed by atoms with Crippen molar-refractivity contribution in [1.29, 1.82) is 0 Å². The van der Waals surface area contributed by atoms with Gasteiger partial charge in [-0.2, -0.15) is 0 Å². The molecule has 0 aliphatic heterocycles. The second kappa shape index (κ2) is 10.3. The lowest BCUT2D eigenvalue weighted by Gasteiger charge is -2.30. The molecule has 0 saturated heterocycles. The van der Waals surface area contributed by atoms with Gasteiger partial charge in [-0.05, 0) is 114 Å². The first-order valence-electron chi connectivity index (χ1n) is 17.0. The fraction of sp³-hybridized carbons (Fsp3) is 0.217. The van der Waals surface area contributed by atoms with Crippen molar-refractivity contribution >= 4 is 54.0 Å². The molecule has 0 saturated carbocycles. The van der Waals surface area contributed by atoms with E-state index >= 15 is 0 Å². The van der Waals surface area contributed by atoms with Gasteiger partial charge >= 0.3 is 0 Å². The summed E-state index contributed by atoms with van der Waals surface area (Å²) in [5.41, 5.74) is 10.5. The van der Waals surface area contributed by atoms with Gasteiger partial charge in [-0.15, -0.1) is 0 Å². The summed E-state index contributed by atoms with van der Waals surface area (Å²) in [6.45, 7) is 18.8. The highest BCUT2D eigenvalue weighted by molar-refractivity contribution is 6.12. The number of aryl methyl sites for hydroxylation is 1. The van der Waals surface area contributed by atoms with Crippen molar-refractivity contribution in [3.63, 3.8) is 0 Å². The monoisotopic (exact) mass is 609 g/mol. The van der Waals surface area contributed by atoms with E-state index in [1.807, 2.05) is 0 Å². The number of nitrogens with zero attached hydrogens (tertiary/aromatic N) is 1. The first kappa shape index (κ1) is 29.5. The van der Waals surface area contributed by atoms with Gasteiger partial charge in [0.1, 0.15) is 0 Å². The second-order valence-electron chi connectivity index (χ2n) is 15.5. The highest BCUT2D eigenvalue weighted by Crippen LogP contribution is 2.46. The van der Waals surface area contributed by atoms with Crippen molar-refractivity contribution in [2.75, 3.05) is 0 Å². The lowest BCUT2D eigenvalue weighted by molar-refractivity contribution is 0.593. The van der Waals surface area contributed by atoms with Gasteiger partial charge in [0.05, 0.1) is 11.2 Å². The maximum Gasteiger partial charge on any atom is 0.0540 e. The quantitative estimate of drug-likeness (QED) is 0.172. The molecule has 1 aromatic heterocycles. The molecular weight excluding hydrogens is 567 g/mol. The van der Waals surface area contributed by atoms with E-state index in [-0.39, 0.29) is 10.8 Å². The Morgan fingerprint density at radius 3 is 1.64 bits per heavy atom. The number of fused-ring (bicyclic) bond motifs is 5. The van der Waals surface area contributed by atoms with E-state index in [9.17, 15) is 0 Å². The third kappa shape index (κ3) is 4.51. The van der Waals surface area contributed by atoms with Crippen molar-refractivity contribution < 1.29 is 0 Å². The Balaban J connectivity index is 1.47. The molecule has 0 spiro atoms. The molecular formula is C46H43N. The van der Waals surface area contributed by atoms with Crippen LogP contribution < -0.4 is 0 Å². The Morgan fingerprint density at radius 2 is 1.00 bits per heavy atom. The summed E-state index contributed by atoms with van der Waals surface area (Å²) < 4.78 is 2.52. The van der Waals surface area contributed by atoms with Crippen LogP contribution in [0.4, 0.5) is 0 Å². The molecule has 0 N–H and O–H groups in total. The zero-order chi connectivity index (χ0) is 32.8. The molecule has 0 aliphatic carbocycles. The highest BCUT2D eigenvalue weighted by Gasteiger charge is 2.28. The van der Waals surface area contributed by atoms with E-state index in [1.54, 1.807) is 0 Å². The van der Waals surface area contributed by atoms with Crippen LogP contribution >= 0.6 is 0 Å². The fourth-order valence-electron chi connectivity index (χ4n) is 8.25. The smallest absolute Gasteiger partial charge is 0.0540 e. The predicted octanol–water partition coefficient (Wildman–Crippen LogP) is 13.1. The third-order valence-corrected chi connectivity index (χ3v) is 10.4. The van der Waals surface area contributed by atoms with Crippen molar-refractivity contribution in [2.45, 2.75) is 66.2 Å². The summed E-state index contributed by atoms with van der Waals surface area (Å²) >= 11 is 0. The summed E-state index contributed by atoms with van der Waals surface area (Å²) in [6.07, 6.45) is 0. The minimum absolute atomic E-state index is 0.0117. The lowest BCUT2D eigenvalue weighted by atomic mass is 9.74. The number of hydrogen-bond acceptors (Lipinski definition) is 0. The SMILES string of the molecule is Cc1c(C)n(-c2ccc(-c3ccc4ccccc4c3)c3ccccc23)c2cc3c(C(C)(C)C)c4ccccc4c(C(C)(C)C)c3cc12. The van der Waals surface area contributed by atoms with Crippen LogP contribution in [0.25, 0.3) is 70.8 Å². The van der Waals surface area contributed by atoms with Crippen LogP contribution in [0.5, 0.6) is 0 Å². The molecule has 8 rings (SSSR count). The van der Waals surface area contributed by atoms with Crippen LogP contribution in [0.15, 0.2) is 115 Å².